The zero-order valence-corrected chi connectivity index (χ0v) is 16.9. The molecule has 1 aliphatic rings. The molecule has 3 rings (SSSR count). The molecular weight excluding hydrogens is 368 g/mol. The van der Waals surface area contributed by atoms with Crippen LogP contribution in [0.15, 0.2) is 48.5 Å². The Hall–Kier alpha value is -2.86. The molecule has 6 nitrogen and oxygen atoms in total. The van der Waals surface area contributed by atoms with Gasteiger partial charge in [-0.2, -0.15) is 0 Å². The first-order valence-corrected chi connectivity index (χ1v) is 10.1. The van der Waals surface area contributed by atoms with E-state index >= 15 is 0 Å². The van der Waals surface area contributed by atoms with E-state index in [0.717, 1.165) is 25.9 Å². The average Bonchev–Trinajstić information content (AvgIpc) is 3.04. The molecule has 0 saturated carbocycles. The lowest BCUT2D eigenvalue weighted by molar-refractivity contribution is 0.0761. The van der Waals surface area contributed by atoms with E-state index in [4.69, 9.17) is 9.47 Å². The van der Waals surface area contributed by atoms with Gasteiger partial charge in [0.05, 0.1) is 6.61 Å². The minimum absolute atomic E-state index is 0.0637. The summed E-state index contributed by atoms with van der Waals surface area (Å²) in [4.78, 5) is 27.0. The molecule has 1 saturated heterocycles. The summed E-state index contributed by atoms with van der Waals surface area (Å²) in [5.41, 5.74) is 1.85. The third-order valence-electron chi connectivity index (χ3n) is 4.96. The number of methoxy groups -OCH3 is 1. The summed E-state index contributed by atoms with van der Waals surface area (Å²) in [6.45, 7) is 2.62. The summed E-state index contributed by atoms with van der Waals surface area (Å²) in [5.74, 6) is 0.545. The first kappa shape index (κ1) is 20.9. The molecular formula is C23H28N2O4. The van der Waals surface area contributed by atoms with Gasteiger partial charge in [0.1, 0.15) is 12.4 Å². The quantitative estimate of drug-likeness (QED) is 0.719. The molecule has 1 fully saturated rings. The van der Waals surface area contributed by atoms with Gasteiger partial charge in [-0.1, -0.05) is 12.8 Å². The van der Waals surface area contributed by atoms with Crippen molar-refractivity contribution in [3.8, 4) is 5.75 Å². The summed E-state index contributed by atoms with van der Waals surface area (Å²) in [7, 11) is 1.62. The van der Waals surface area contributed by atoms with Crippen molar-refractivity contribution in [2.24, 2.45) is 0 Å². The molecule has 0 spiro atoms. The monoisotopic (exact) mass is 396 g/mol. The molecule has 6 heteroatoms. The predicted octanol–water partition coefficient (Wildman–Crippen LogP) is 3.98. The van der Waals surface area contributed by atoms with Crippen molar-refractivity contribution in [1.29, 1.82) is 0 Å². The number of amides is 2. The lowest BCUT2D eigenvalue weighted by Crippen LogP contribution is -2.31. The molecule has 29 heavy (non-hydrogen) atoms. The minimum Gasteiger partial charge on any atom is -0.491 e. The van der Waals surface area contributed by atoms with Crippen LogP contribution in [0.5, 0.6) is 5.75 Å². The Kier molecular flexibility index (Phi) is 7.64. The molecule has 0 aliphatic carbocycles. The number of nitrogens with zero attached hydrogens (tertiary/aromatic N) is 1. The standard InChI is InChI=1S/C23H28N2O4/c1-28-16-17-29-21-12-8-18(9-13-21)22(26)24-20-10-6-19(7-11-20)23(27)25-14-4-2-3-5-15-25/h6-13H,2-5,14-17H2,1H3,(H,24,26). The number of hydrogen-bond acceptors (Lipinski definition) is 4. The predicted molar refractivity (Wildman–Crippen MR) is 113 cm³/mol. The largest absolute Gasteiger partial charge is 0.491 e. The molecule has 2 amide bonds. The number of carbonyl (C=O) groups is 2. The molecule has 2 aromatic rings. The number of likely N-dealkylation sites (tertiary alicyclic amines) is 1. The number of rotatable bonds is 7. The maximum absolute atomic E-state index is 12.7. The van der Waals surface area contributed by atoms with Crippen molar-refractivity contribution < 1.29 is 19.1 Å². The second-order valence-electron chi connectivity index (χ2n) is 7.10. The first-order valence-electron chi connectivity index (χ1n) is 10.1. The van der Waals surface area contributed by atoms with E-state index in [2.05, 4.69) is 5.32 Å². The number of benzene rings is 2. The molecule has 0 radical (unpaired) electrons. The van der Waals surface area contributed by atoms with Crippen LogP contribution < -0.4 is 10.1 Å². The first-order chi connectivity index (χ1) is 14.2. The molecule has 154 valence electrons. The topological polar surface area (TPSA) is 67.9 Å². The van der Waals surface area contributed by atoms with Crippen molar-refractivity contribution in [3.05, 3.63) is 59.7 Å². The fraction of sp³-hybridized carbons (Fsp3) is 0.391. The molecule has 1 N–H and O–H groups in total. The normalized spacial score (nSPS) is 14.2. The zero-order valence-electron chi connectivity index (χ0n) is 16.9. The second kappa shape index (κ2) is 10.6. The summed E-state index contributed by atoms with van der Waals surface area (Å²) < 4.78 is 10.4. The van der Waals surface area contributed by atoms with Crippen LogP contribution in [-0.2, 0) is 4.74 Å². The van der Waals surface area contributed by atoms with E-state index < -0.39 is 0 Å². The Morgan fingerprint density at radius 1 is 0.862 bits per heavy atom. The van der Waals surface area contributed by atoms with Crippen LogP contribution in [0.1, 0.15) is 46.4 Å². The van der Waals surface area contributed by atoms with Gasteiger partial charge < -0.3 is 19.7 Å². The summed E-state index contributed by atoms with van der Waals surface area (Å²) >= 11 is 0. The van der Waals surface area contributed by atoms with Crippen molar-refractivity contribution in [2.75, 3.05) is 38.7 Å². The Bertz CT molecular complexity index is 795. The number of nitrogens with one attached hydrogen (secondary N) is 1. The van der Waals surface area contributed by atoms with Gasteiger partial charge in [-0.15, -0.1) is 0 Å². The van der Waals surface area contributed by atoms with E-state index in [9.17, 15) is 9.59 Å². The van der Waals surface area contributed by atoms with Crippen LogP contribution in [0.25, 0.3) is 0 Å². The van der Waals surface area contributed by atoms with E-state index in [1.54, 1.807) is 55.6 Å². The van der Waals surface area contributed by atoms with Gasteiger partial charge in [0, 0.05) is 37.0 Å². The zero-order chi connectivity index (χ0) is 20.5. The Morgan fingerprint density at radius 3 is 2.10 bits per heavy atom. The Labute approximate surface area is 171 Å². The van der Waals surface area contributed by atoms with Crippen LogP contribution in [-0.4, -0.2) is 50.1 Å². The van der Waals surface area contributed by atoms with Crippen molar-refractivity contribution in [2.45, 2.75) is 25.7 Å². The molecule has 0 aromatic heterocycles. The lowest BCUT2D eigenvalue weighted by Gasteiger charge is -2.20. The Balaban J connectivity index is 1.56. The SMILES string of the molecule is COCCOc1ccc(C(=O)Nc2ccc(C(=O)N3CCCCCC3)cc2)cc1. The lowest BCUT2D eigenvalue weighted by atomic mass is 10.1. The summed E-state index contributed by atoms with van der Waals surface area (Å²) in [6.07, 6.45) is 4.51. The fourth-order valence-corrected chi connectivity index (χ4v) is 3.30. The highest BCUT2D eigenvalue weighted by atomic mass is 16.5. The van der Waals surface area contributed by atoms with E-state index in [1.165, 1.54) is 12.8 Å². The molecule has 0 bridgehead atoms. The molecule has 1 aliphatic heterocycles. The average molecular weight is 396 g/mol. The highest BCUT2D eigenvalue weighted by Gasteiger charge is 2.17. The molecule has 0 atom stereocenters. The van der Waals surface area contributed by atoms with Gasteiger partial charge in [-0.05, 0) is 61.4 Å². The van der Waals surface area contributed by atoms with Gasteiger partial charge in [-0.25, -0.2) is 0 Å². The number of carbonyl (C=O) groups excluding carboxylic acids is 2. The summed E-state index contributed by atoms with van der Waals surface area (Å²) in [5, 5.41) is 2.86. The van der Waals surface area contributed by atoms with Gasteiger partial charge in [0.25, 0.3) is 11.8 Å². The number of anilines is 1. The van der Waals surface area contributed by atoms with Crippen LogP contribution in [0.3, 0.4) is 0 Å². The van der Waals surface area contributed by atoms with Crippen LogP contribution in [0.4, 0.5) is 5.69 Å². The summed E-state index contributed by atoms with van der Waals surface area (Å²) in [6, 6.07) is 14.0. The minimum atomic E-state index is -0.208. The maximum Gasteiger partial charge on any atom is 0.255 e. The van der Waals surface area contributed by atoms with Gasteiger partial charge in [0.2, 0.25) is 0 Å². The fourth-order valence-electron chi connectivity index (χ4n) is 3.30. The highest BCUT2D eigenvalue weighted by molar-refractivity contribution is 6.04. The van der Waals surface area contributed by atoms with Crippen LogP contribution in [0.2, 0.25) is 0 Å². The van der Waals surface area contributed by atoms with Gasteiger partial charge in [-0.3, -0.25) is 9.59 Å². The number of ether oxygens (including phenoxy) is 2. The smallest absolute Gasteiger partial charge is 0.255 e. The maximum atomic E-state index is 12.7. The van der Waals surface area contributed by atoms with Crippen LogP contribution in [0, 0.1) is 0 Å². The molecule has 2 aromatic carbocycles. The molecule has 1 heterocycles. The Morgan fingerprint density at radius 2 is 1.48 bits per heavy atom. The van der Waals surface area contributed by atoms with E-state index in [1.807, 2.05) is 4.90 Å². The van der Waals surface area contributed by atoms with E-state index in [-0.39, 0.29) is 11.8 Å². The third kappa shape index (κ3) is 6.06. The molecule has 0 unspecified atom stereocenters. The van der Waals surface area contributed by atoms with E-state index in [0.29, 0.717) is 35.8 Å². The number of hydrogen-bond donors (Lipinski definition) is 1. The third-order valence-corrected chi connectivity index (χ3v) is 4.96. The van der Waals surface area contributed by atoms with Crippen molar-refractivity contribution in [1.82, 2.24) is 4.90 Å². The van der Waals surface area contributed by atoms with Crippen molar-refractivity contribution in [3.63, 3.8) is 0 Å². The van der Waals surface area contributed by atoms with Gasteiger partial charge >= 0.3 is 0 Å². The van der Waals surface area contributed by atoms with Crippen LogP contribution >= 0.6 is 0 Å². The van der Waals surface area contributed by atoms with Crippen molar-refractivity contribution >= 4 is 17.5 Å². The van der Waals surface area contributed by atoms with Gasteiger partial charge in [0.15, 0.2) is 0 Å². The highest BCUT2D eigenvalue weighted by Crippen LogP contribution is 2.17. The second-order valence-corrected chi connectivity index (χ2v) is 7.10.